The Morgan fingerprint density at radius 2 is 1.81 bits per heavy atom. The highest BCUT2D eigenvalue weighted by Gasteiger charge is 2.14. The van der Waals surface area contributed by atoms with Gasteiger partial charge in [-0.05, 0) is 48.9 Å². The van der Waals surface area contributed by atoms with Gasteiger partial charge in [0.1, 0.15) is 11.6 Å². The van der Waals surface area contributed by atoms with Crippen molar-refractivity contribution in [3.8, 4) is 0 Å². The molecule has 0 saturated heterocycles. The lowest BCUT2D eigenvalue weighted by Crippen LogP contribution is -2.13. The van der Waals surface area contributed by atoms with Gasteiger partial charge in [-0.25, -0.2) is 17.8 Å². The van der Waals surface area contributed by atoms with Crippen LogP contribution in [-0.2, 0) is 16.6 Å². The van der Waals surface area contributed by atoms with E-state index in [9.17, 15) is 12.8 Å². The molecule has 0 atom stereocenters. The number of rotatable bonds is 6. The summed E-state index contributed by atoms with van der Waals surface area (Å²) in [6, 6.07) is 16.1. The maximum absolute atomic E-state index is 12.9. The Kier molecular flexibility index (Phi) is 5.18. The van der Waals surface area contributed by atoms with Gasteiger partial charge < -0.3 is 5.32 Å². The summed E-state index contributed by atoms with van der Waals surface area (Å²) in [4.78, 5) is 4.20. The SMILES string of the molecule is Cc1cccc(CNc2ccc(NS(=O)(=O)c3ccc(F)cc3)cn2)c1. The van der Waals surface area contributed by atoms with Gasteiger partial charge in [-0.3, -0.25) is 4.72 Å². The molecule has 0 fully saturated rings. The van der Waals surface area contributed by atoms with Gasteiger partial charge in [0.15, 0.2) is 0 Å². The lowest BCUT2D eigenvalue weighted by molar-refractivity contribution is 0.599. The minimum absolute atomic E-state index is 0.0134. The zero-order chi connectivity index (χ0) is 18.6. The summed E-state index contributed by atoms with van der Waals surface area (Å²) < 4.78 is 39.9. The zero-order valence-corrected chi connectivity index (χ0v) is 14.9. The summed E-state index contributed by atoms with van der Waals surface area (Å²) >= 11 is 0. The van der Waals surface area contributed by atoms with Crippen molar-refractivity contribution in [1.82, 2.24) is 4.98 Å². The molecule has 134 valence electrons. The number of hydrogen-bond acceptors (Lipinski definition) is 4. The van der Waals surface area contributed by atoms with Crippen molar-refractivity contribution in [3.05, 3.63) is 83.8 Å². The van der Waals surface area contributed by atoms with Crippen LogP contribution in [0.2, 0.25) is 0 Å². The van der Waals surface area contributed by atoms with Crippen molar-refractivity contribution in [2.75, 3.05) is 10.0 Å². The van der Waals surface area contributed by atoms with Crippen LogP contribution in [0.5, 0.6) is 0 Å². The Hall–Kier alpha value is -2.93. The predicted octanol–water partition coefficient (Wildman–Crippen LogP) is 3.94. The van der Waals surface area contributed by atoms with E-state index in [1.165, 1.54) is 23.9 Å². The average Bonchev–Trinajstić information content (AvgIpc) is 2.61. The first-order chi connectivity index (χ1) is 12.4. The van der Waals surface area contributed by atoms with E-state index in [0.717, 1.165) is 17.7 Å². The van der Waals surface area contributed by atoms with Crippen LogP contribution in [0.25, 0.3) is 0 Å². The van der Waals surface area contributed by atoms with Gasteiger partial charge >= 0.3 is 0 Å². The second kappa shape index (κ2) is 7.53. The molecule has 0 saturated carbocycles. The second-order valence-corrected chi connectivity index (χ2v) is 7.52. The molecule has 3 aromatic rings. The molecule has 0 spiro atoms. The molecule has 2 aromatic carbocycles. The van der Waals surface area contributed by atoms with Crippen molar-refractivity contribution < 1.29 is 12.8 Å². The van der Waals surface area contributed by atoms with Gasteiger partial charge in [0.05, 0.1) is 16.8 Å². The standard InChI is InChI=1S/C19H18FN3O2S/c1-14-3-2-4-15(11-14)12-21-19-10-7-17(13-22-19)23-26(24,25)18-8-5-16(20)6-9-18/h2-11,13,23H,12H2,1H3,(H,21,22). The number of hydrogen-bond donors (Lipinski definition) is 2. The minimum Gasteiger partial charge on any atom is -0.366 e. The first kappa shape index (κ1) is 17.9. The molecule has 26 heavy (non-hydrogen) atoms. The molecule has 2 N–H and O–H groups in total. The number of nitrogens with one attached hydrogen (secondary N) is 2. The topological polar surface area (TPSA) is 71.1 Å². The normalized spacial score (nSPS) is 11.2. The van der Waals surface area contributed by atoms with Crippen LogP contribution in [0.3, 0.4) is 0 Å². The largest absolute Gasteiger partial charge is 0.366 e. The van der Waals surface area contributed by atoms with Gasteiger partial charge in [0.25, 0.3) is 10.0 Å². The molecule has 0 unspecified atom stereocenters. The first-order valence-corrected chi connectivity index (χ1v) is 9.44. The quantitative estimate of drug-likeness (QED) is 0.688. The Morgan fingerprint density at radius 1 is 1.04 bits per heavy atom. The molecule has 0 aliphatic rings. The van der Waals surface area contributed by atoms with Crippen molar-refractivity contribution in [2.24, 2.45) is 0 Å². The van der Waals surface area contributed by atoms with E-state index in [-0.39, 0.29) is 4.90 Å². The summed E-state index contributed by atoms with van der Waals surface area (Å²) in [7, 11) is -3.78. The monoisotopic (exact) mass is 371 g/mol. The third kappa shape index (κ3) is 4.58. The zero-order valence-electron chi connectivity index (χ0n) is 14.1. The molecule has 0 aliphatic carbocycles. The van der Waals surface area contributed by atoms with Crippen LogP contribution in [0.1, 0.15) is 11.1 Å². The average molecular weight is 371 g/mol. The van der Waals surface area contributed by atoms with E-state index in [0.29, 0.717) is 18.1 Å². The molecule has 5 nitrogen and oxygen atoms in total. The van der Waals surface area contributed by atoms with Crippen molar-refractivity contribution >= 4 is 21.5 Å². The third-order valence-electron chi connectivity index (χ3n) is 3.70. The number of benzene rings is 2. The molecular weight excluding hydrogens is 353 g/mol. The molecule has 0 radical (unpaired) electrons. The third-order valence-corrected chi connectivity index (χ3v) is 5.09. The van der Waals surface area contributed by atoms with Crippen LogP contribution < -0.4 is 10.0 Å². The van der Waals surface area contributed by atoms with Crippen LogP contribution >= 0.6 is 0 Å². The van der Waals surface area contributed by atoms with Crippen molar-refractivity contribution in [1.29, 1.82) is 0 Å². The van der Waals surface area contributed by atoms with Gasteiger partial charge in [-0.2, -0.15) is 0 Å². The number of pyridine rings is 1. The summed E-state index contributed by atoms with van der Waals surface area (Å²) in [5, 5.41) is 3.19. The summed E-state index contributed by atoms with van der Waals surface area (Å²) in [6.07, 6.45) is 1.43. The van der Waals surface area contributed by atoms with Gasteiger partial charge in [-0.1, -0.05) is 29.8 Å². The molecule has 1 aromatic heterocycles. The fourth-order valence-corrected chi connectivity index (χ4v) is 3.44. The maximum Gasteiger partial charge on any atom is 0.261 e. The van der Waals surface area contributed by atoms with Gasteiger partial charge in [0, 0.05) is 6.54 Å². The molecule has 3 rings (SSSR count). The Morgan fingerprint density at radius 3 is 2.46 bits per heavy atom. The number of aromatic nitrogens is 1. The van der Waals surface area contributed by atoms with Crippen LogP contribution in [-0.4, -0.2) is 13.4 Å². The van der Waals surface area contributed by atoms with E-state index >= 15 is 0 Å². The van der Waals surface area contributed by atoms with E-state index < -0.39 is 15.8 Å². The van der Waals surface area contributed by atoms with Gasteiger partial charge in [-0.15, -0.1) is 0 Å². The van der Waals surface area contributed by atoms with E-state index in [1.54, 1.807) is 12.1 Å². The molecule has 0 aliphatic heterocycles. The molecule has 7 heteroatoms. The number of nitrogens with zero attached hydrogens (tertiary/aromatic N) is 1. The van der Waals surface area contributed by atoms with Crippen molar-refractivity contribution in [3.63, 3.8) is 0 Å². The Bertz CT molecular complexity index is 988. The molecular formula is C19H18FN3O2S. The van der Waals surface area contributed by atoms with Gasteiger partial charge in [0.2, 0.25) is 0 Å². The molecule has 1 heterocycles. The Balaban J connectivity index is 1.64. The van der Waals surface area contributed by atoms with Crippen LogP contribution in [0.15, 0.2) is 71.8 Å². The van der Waals surface area contributed by atoms with E-state index in [2.05, 4.69) is 21.1 Å². The fraction of sp³-hybridized carbons (Fsp3) is 0.105. The van der Waals surface area contributed by atoms with E-state index in [4.69, 9.17) is 0 Å². The lowest BCUT2D eigenvalue weighted by Gasteiger charge is -2.10. The first-order valence-electron chi connectivity index (χ1n) is 7.96. The van der Waals surface area contributed by atoms with E-state index in [1.807, 2.05) is 25.1 Å². The minimum atomic E-state index is -3.78. The predicted molar refractivity (Wildman–Crippen MR) is 100.0 cm³/mol. The number of sulfonamides is 1. The number of aryl methyl sites for hydroxylation is 1. The van der Waals surface area contributed by atoms with Crippen LogP contribution in [0, 0.1) is 12.7 Å². The highest BCUT2D eigenvalue weighted by Crippen LogP contribution is 2.17. The Labute approximate surface area is 152 Å². The molecule has 0 amide bonds. The number of anilines is 2. The molecule has 0 bridgehead atoms. The van der Waals surface area contributed by atoms with Crippen molar-refractivity contribution in [2.45, 2.75) is 18.4 Å². The second-order valence-electron chi connectivity index (χ2n) is 5.83. The summed E-state index contributed by atoms with van der Waals surface area (Å²) in [5.74, 6) is 0.144. The highest BCUT2D eigenvalue weighted by atomic mass is 32.2. The smallest absolute Gasteiger partial charge is 0.261 e. The number of halogens is 1. The highest BCUT2D eigenvalue weighted by molar-refractivity contribution is 7.92. The lowest BCUT2D eigenvalue weighted by atomic mass is 10.1. The maximum atomic E-state index is 12.9. The fourth-order valence-electron chi connectivity index (χ4n) is 2.40. The van der Waals surface area contributed by atoms with Crippen LogP contribution in [0.4, 0.5) is 15.9 Å². The summed E-state index contributed by atoms with van der Waals surface area (Å²) in [5.41, 5.74) is 2.64. The summed E-state index contributed by atoms with van der Waals surface area (Å²) in [6.45, 7) is 2.65.